The molecule has 0 aromatic carbocycles. The van der Waals surface area contributed by atoms with Gasteiger partial charge in [-0.2, -0.15) is 0 Å². The molecular weight excluding hydrogens is 242 g/mol. The first-order chi connectivity index (χ1) is 9.09. The molecule has 1 N–H and O–H groups in total. The number of rotatable bonds is 3. The molecule has 0 aliphatic carbocycles. The Balaban J connectivity index is 1.86. The molecule has 2 aliphatic heterocycles. The number of morpholine rings is 1. The molecule has 0 saturated carbocycles. The Bertz CT molecular complexity index is 301. The molecule has 2 aliphatic rings. The second kappa shape index (κ2) is 6.68. The van der Waals surface area contributed by atoms with Crippen LogP contribution < -0.4 is 5.32 Å². The molecule has 0 aromatic heterocycles. The van der Waals surface area contributed by atoms with Crippen LogP contribution in [0.1, 0.15) is 26.7 Å². The van der Waals surface area contributed by atoms with Crippen LogP contribution in [-0.2, 0) is 9.53 Å². The normalized spacial score (nSPS) is 26.0. The highest BCUT2D eigenvalue weighted by Crippen LogP contribution is 2.12. The first kappa shape index (κ1) is 14.8. The number of carbonyl (C=O) groups is 1. The van der Waals surface area contributed by atoms with E-state index in [9.17, 15) is 4.79 Å². The molecule has 0 radical (unpaired) electrons. The molecule has 1 amide bonds. The molecule has 0 unspecified atom stereocenters. The van der Waals surface area contributed by atoms with Crippen LogP contribution in [0.2, 0.25) is 0 Å². The minimum atomic E-state index is -0.425. The number of carbonyl (C=O) groups excluding carboxylic acids is 1. The summed E-state index contributed by atoms with van der Waals surface area (Å²) in [6, 6.07) is 0. The third-order valence-electron chi connectivity index (χ3n) is 4.03. The fourth-order valence-electron chi connectivity index (χ4n) is 2.70. The molecular formula is C14H27N3O2. The first-order valence-corrected chi connectivity index (χ1v) is 7.44. The third kappa shape index (κ3) is 4.16. The lowest BCUT2D eigenvalue weighted by Crippen LogP contribution is -2.57. The van der Waals surface area contributed by atoms with Crippen molar-refractivity contribution in [1.82, 2.24) is 15.1 Å². The SMILES string of the molecule is CC1(C)NCCCCN(CCN2CCOCC2)C1=O. The van der Waals surface area contributed by atoms with E-state index in [2.05, 4.69) is 10.2 Å². The summed E-state index contributed by atoms with van der Waals surface area (Å²) in [7, 11) is 0. The van der Waals surface area contributed by atoms with E-state index in [-0.39, 0.29) is 5.91 Å². The molecule has 5 nitrogen and oxygen atoms in total. The molecule has 2 rings (SSSR count). The number of hydrogen-bond acceptors (Lipinski definition) is 4. The lowest BCUT2D eigenvalue weighted by atomic mass is 10.0. The Morgan fingerprint density at radius 2 is 1.89 bits per heavy atom. The Kier molecular flexibility index (Phi) is 5.19. The zero-order valence-corrected chi connectivity index (χ0v) is 12.3. The molecule has 19 heavy (non-hydrogen) atoms. The van der Waals surface area contributed by atoms with E-state index in [1.165, 1.54) is 0 Å². The van der Waals surface area contributed by atoms with Crippen molar-refractivity contribution in [2.75, 3.05) is 52.5 Å². The molecule has 110 valence electrons. The van der Waals surface area contributed by atoms with E-state index >= 15 is 0 Å². The maximum absolute atomic E-state index is 12.5. The molecule has 5 heteroatoms. The number of nitrogens with one attached hydrogen (secondary N) is 1. The Hall–Kier alpha value is -0.650. The molecule has 0 atom stereocenters. The van der Waals surface area contributed by atoms with Gasteiger partial charge in [0.15, 0.2) is 0 Å². The highest BCUT2D eigenvalue weighted by Gasteiger charge is 2.32. The van der Waals surface area contributed by atoms with E-state index in [0.717, 1.165) is 65.3 Å². The Labute approximate surface area is 116 Å². The van der Waals surface area contributed by atoms with Crippen LogP contribution in [0.4, 0.5) is 0 Å². The van der Waals surface area contributed by atoms with Crippen molar-refractivity contribution >= 4 is 5.91 Å². The van der Waals surface area contributed by atoms with Crippen molar-refractivity contribution < 1.29 is 9.53 Å². The number of nitrogens with zero attached hydrogens (tertiary/aromatic N) is 2. The minimum Gasteiger partial charge on any atom is -0.379 e. The second-order valence-corrected chi connectivity index (χ2v) is 6.01. The average Bonchev–Trinajstić information content (AvgIpc) is 2.41. The van der Waals surface area contributed by atoms with E-state index in [1.54, 1.807) is 0 Å². The molecule has 2 heterocycles. The van der Waals surface area contributed by atoms with Gasteiger partial charge < -0.3 is 15.0 Å². The predicted molar refractivity (Wildman–Crippen MR) is 75.2 cm³/mol. The van der Waals surface area contributed by atoms with Crippen molar-refractivity contribution in [2.45, 2.75) is 32.2 Å². The van der Waals surface area contributed by atoms with Crippen molar-refractivity contribution in [1.29, 1.82) is 0 Å². The maximum Gasteiger partial charge on any atom is 0.242 e. The summed E-state index contributed by atoms with van der Waals surface area (Å²) in [5.41, 5.74) is -0.425. The van der Waals surface area contributed by atoms with Crippen LogP contribution in [0.15, 0.2) is 0 Å². The van der Waals surface area contributed by atoms with Crippen LogP contribution in [0.5, 0.6) is 0 Å². The standard InChI is InChI=1S/C14H27N3O2/c1-14(2)13(18)17(6-4-3-5-15-14)8-7-16-9-11-19-12-10-16/h15H,3-12H2,1-2H3. The molecule has 2 fully saturated rings. The summed E-state index contributed by atoms with van der Waals surface area (Å²) >= 11 is 0. The summed E-state index contributed by atoms with van der Waals surface area (Å²) in [5.74, 6) is 0.237. The van der Waals surface area contributed by atoms with Gasteiger partial charge in [0, 0.05) is 32.7 Å². The van der Waals surface area contributed by atoms with Crippen molar-refractivity contribution in [3.8, 4) is 0 Å². The number of ether oxygens (including phenoxy) is 1. The van der Waals surface area contributed by atoms with Crippen molar-refractivity contribution in [2.24, 2.45) is 0 Å². The van der Waals surface area contributed by atoms with Gasteiger partial charge in [0.25, 0.3) is 0 Å². The van der Waals surface area contributed by atoms with Crippen LogP contribution >= 0.6 is 0 Å². The van der Waals surface area contributed by atoms with Crippen LogP contribution in [0, 0.1) is 0 Å². The molecule has 0 aromatic rings. The number of hydrogen-bond donors (Lipinski definition) is 1. The monoisotopic (exact) mass is 269 g/mol. The average molecular weight is 269 g/mol. The molecule has 0 bridgehead atoms. The van der Waals surface area contributed by atoms with Crippen LogP contribution in [0.25, 0.3) is 0 Å². The number of amides is 1. The van der Waals surface area contributed by atoms with Gasteiger partial charge in [-0.3, -0.25) is 9.69 Å². The van der Waals surface area contributed by atoms with E-state index in [1.807, 2.05) is 18.7 Å². The van der Waals surface area contributed by atoms with Gasteiger partial charge in [0.1, 0.15) is 0 Å². The Morgan fingerprint density at radius 1 is 1.16 bits per heavy atom. The lowest BCUT2D eigenvalue weighted by Gasteiger charge is -2.36. The van der Waals surface area contributed by atoms with Gasteiger partial charge in [-0.1, -0.05) is 0 Å². The highest BCUT2D eigenvalue weighted by atomic mass is 16.5. The van der Waals surface area contributed by atoms with Gasteiger partial charge in [-0.15, -0.1) is 0 Å². The van der Waals surface area contributed by atoms with Crippen molar-refractivity contribution in [3.63, 3.8) is 0 Å². The van der Waals surface area contributed by atoms with Gasteiger partial charge in [0.2, 0.25) is 5.91 Å². The summed E-state index contributed by atoms with van der Waals surface area (Å²) in [5, 5.41) is 3.35. The highest BCUT2D eigenvalue weighted by molar-refractivity contribution is 5.85. The molecule has 0 spiro atoms. The topological polar surface area (TPSA) is 44.8 Å². The summed E-state index contributed by atoms with van der Waals surface area (Å²) < 4.78 is 5.35. The van der Waals surface area contributed by atoms with Crippen LogP contribution in [-0.4, -0.2) is 73.7 Å². The zero-order valence-electron chi connectivity index (χ0n) is 12.3. The van der Waals surface area contributed by atoms with Crippen molar-refractivity contribution in [3.05, 3.63) is 0 Å². The third-order valence-corrected chi connectivity index (χ3v) is 4.03. The summed E-state index contributed by atoms with van der Waals surface area (Å²) in [6.45, 7) is 11.2. The first-order valence-electron chi connectivity index (χ1n) is 7.44. The van der Waals surface area contributed by atoms with Gasteiger partial charge >= 0.3 is 0 Å². The quantitative estimate of drug-likeness (QED) is 0.801. The lowest BCUT2D eigenvalue weighted by molar-refractivity contribution is -0.138. The fraction of sp³-hybridized carbons (Fsp3) is 0.929. The maximum atomic E-state index is 12.5. The largest absolute Gasteiger partial charge is 0.379 e. The van der Waals surface area contributed by atoms with E-state index in [0.29, 0.717) is 0 Å². The molecule has 2 saturated heterocycles. The van der Waals surface area contributed by atoms with Crippen LogP contribution in [0.3, 0.4) is 0 Å². The predicted octanol–water partition coefficient (Wildman–Crippen LogP) is 0.309. The minimum absolute atomic E-state index is 0.237. The van der Waals surface area contributed by atoms with E-state index in [4.69, 9.17) is 4.74 Å². The Morgan fingerprint density at radius 3 is 2.63 bits per heavy atom. The van der Waals surface area contributed by atoms with Gasteiger partial charge in [-0.25, -0.2) is 0 Å². The summed E-state index contributed by atoms with van der Waals surface area (Å²) in [6.07, 6.45) is 2.24. The zero-order chi connectivity index (χ0) is 13.7. The summed E-state index contributed by atoms with van der Waals surface area (Å²) in [4.78, 5) is 16.9. The second-order valence-electron chi connectivity index (χ2n) is 6.01. The van der Waals surface area contributed by atoms with Gasteiger partial charge in [-0.05, 0) is 33.2 Å². The smallest absolute Gasteiger partial charge is 0.242 e. The van der Waals surface area contributed by atoms with Gasteiger partial charge in [0.05, 0.1) is 18.8 Å². The fourth-order valence-corrected chi connectivity index (χ4v) is 2.70. The van der Waals surface area contributed by atoms with E-state index < -0.39 is 5.54 Å².